The van der Waals surface area contributed by atoms with Crippen molar-refractivity contribution < 1.29 is 19.1 Å². The van der Waals surface area contributed by atoms with Gasteiger partial charge >= 0.3 is 5.97 Å². The van der Waals surface area contributed by atoms with Gasteiger partial charge < -0.3 is 14.3 Å². The Bertz CT molecular complexity index is 948. The molecule has 1 N–H and O–H groups in total. The van der Waals surface area contributed by atoms with Crippen molar-refractivity contribution in [2.24, 2.45) is 0 Å². The van der Waals surface area contributed by atoms with Crippen LogP contribution in [0.2, 0.25) is 0 Å². The standard InChI is InChI=1S/C20H18O5S2/c1-24-18(22)10-16(13-7-8-26-11-13)20-19(23)17(21)9-14(25-20)12-27-15-5-3-2-4-6-15/h2-9,11,16,23H,10,12H2,1H3. The Balaban J connectivity index is 1.93. The lowest BCUT2D eigenvalue weighted by atomic mass is 9.94. The van der Waals surface area contributed by atoms with Gasteiger partial charge in [0.05, 0.1) is 25.2 Å². The van der Waals surface area contributed by atoms with Gasteiger partial charge in [-0.15, -0.1) is 11.8 Å². The summed E-state index contributed by atoms with van der Waals surface area (Å²) < 4.78 is 10.6. The molecule has 3 aromatic rings. The molecule has 0 aliphatic carbocycles. The zero-order valence-electron chi connectivity index (χ0n) is 14.6. The van der Waals surface area contributed by atoms with E-state index in [1.807, 2.05) is 47.2 Å². The maximum absolute atomic E-state index is 12.3. The Labute approximate surface area is 164 Å². The summed E-state index contributed by atoms with van der Waals surface area (Å²) in [6, 6.07) is 12.9. The third kappa shape index (κ3) is 4.81. The highest BCUT2D eigenvalue weighted by atomic mass is 32.2. The molecular weight excluding hydrogens is 384 g/mol. The summed E-state index contributed by atoms with van der Waals surface area (Å²) in [5, 5.41) is 14.0. The van der Waals surface area contributed by atoms with E-state index >= 15 is 0 Å². The van der Waals surface area contributed by atoms with Crippen LogP contribution in [0.25, 0.3) is 0 Å². The Morgan fingerprint density at radius 3 is 2.74 bits per heavy atom. The summed E-state index contributed by atoms with van der Waals surface area (Å²) >= 11 is 2.98. The summed E-state index contributed by atoms with van der Waals surface area (Å²) in [6.45, 7) is 0. The van der Waals surface area contributed by atoms with Crippen LogP contribution in [0.4, 0.5) is 0 Å². The highest BCUT2D eigenvalue weighted by Crippen LogP contribution is 2.35. The highest BCUT2D eigenvalue weighted by Gasteiger charge is 2.26. The van der Waals surface area contributed by atoms with Gasteiger partial charge in [-0.1, -0.05) is 18.2 Å². The molecular formula is C20H18O5S2. The zero-order chi connectivity index (χ0) is 19.2. The molecule has 1 unspecified atom stereocenters. The minimum Gasteiger partial charge on any atom is -0.502 e. The second-order valence-corrected chi connectivity index (χ2v) is 7.61. The van der Waals surface area contributed by atoms with E-state index in [2.05, 4.69) is 0 Å². The number of methoxy groups -OCH3 is 1. The Morgan fingerprint density at radius 1 is 1.30 bits per heavy atom. The number of hydrogen-bond donors (Lipinski definition) is 1. The van der Waals surface area contributed by atoms with Crippen molar-refractivity contribution in [2.45, 2.75) is 23.0 Å². The number of ether oxygens (including phenoxy) is 1. The molecule has 0 saturated carbocycles. The highest BCUT2D eigenvalue weighted by molar-refractivity contribution is 7.98. The third-order valence-electron chi connectivity index (χ3n) is 3.98. The van der Waals surface area contributed by atoms with Gasteiger partial charge in [0.1, 0.15) is 5.76 Å². The first-order valence-corrected chi connectivity index (χ1v) is 10.1. The fourth-order valence-corrected chi connectivity index (χ4v) is 4.13. The molecule has 0 amide bonds. The monoisotopic (exact) mass is 402 g/mol. The van der Waals surface area contributed by atoms with Gasteiger partial charge in [0, 0.05) is 11.0 Å². The quantitative estimate of drug-likeness (QED) is 0.466. The maximum Gasteiger partial charge on any atom is 0.306 e. The molecule has 2 heterocycles. The number of esters is 1. The van der Waals surface area contributed by atoms with Crippen molar-refractivity contribution in [1.82, 2.24) is 0 Å². The van der Waals surface area contributed by atoms with Crippen LogP contribution in [0.15, 0.2) is 67.3 Å². The van der Waals surface area contributed by atoms with Crippen LogP contribution >= 0.6 is 23.1 Å². The first-order valence-electron chi connectivity index (χ1n) is 8.21. The molecule has 0 aliphatic rings. The third-order valence-corrected chi connectivity index (χ3v) is 5.72. The average molecular weight is 402 g/mol. The van der Waals surface area contributed by atoms with Gasteiger partial charge in [-0.25, -0.2) is 0 Å². The van der Waals surface area contributed by atoms with E-state index in [-0.39, 0.29) is 12.2 Å². The molecule has 27 heavy (non-hydrogen) atoms. The molecule has 1 aromatic carbocycles. The summed E-state index contributed by atoms with van der Waals surface area (Å²) in [6.07, 6.45) is -0.0288. The van der Waals surface area contributed by atoms with Crippen LogP contribution in [0.3, 0.4) is 0 Å². The van der Waals surface area contributed by atoms with Gasteiger partial charge in [0.15, 0.2) is 5.76 Å². The summed E-state index contributed by atoms with van der Waals surface area (Å²) in [5.41, 5.74) is 0.265. The summed E-state index contributed by atoms with van der Waals surface area (Å²) in [4.78, 5) is 25.2. The number of carbonyl (C=O) groups excluding carboxylic acids is 1. The predicted molar refractivity (Wildman–Crippen MR) is 105 cm³/mol. The first-order chi connectivity index (χ1) is 13.1. The largest absolute Gasteiger partial charge is 0.502 e. The Hall–Kier alpha value is -2.51. The molecule has 5 nitrogen and oxygen atoms in total. The molecule has 0 radical (unpaired) electrons. The fourth-order valence-electron chi connectivity index (χ4n) is 2.62. The number of thioether (sulfide) groups is 1. The Morgan fingerprint density at radius 2 is 2.07 bits per heavy atom. The lowest BCUT2D eigenvalue weighted by Crippen LogP contribution is -2.13. The topological polar surface area (TPSA) is 76.7 Å². The van der Waals surface area contributed by atoms with Crippen molar-refractivity contribution in [3.05, 3.63) is 80.5 Å². The molecule has 0 fully saturated rings. The van der Waals surface area contributed by atoms with Gasteiger partial charge in [-0.2, -0.15) is 11.3 Å². The van der Waals surface area contributed by atoms with Gasteiger partial charge in [-0.3, -0.25) is 9.59 Å². The normalized spacial score (nSPS) is 11.9. The number of hydrogen-bond acceptors (Lipinski definition) is 7. The number of thiophene rings is 1. The van der Waals surface area contributed by atoms with E-state index in [0.29, 0.717) is 11.5 Å². The van der Waals surface area contributed by atoms with Crippen molar-refractivity contribution in [2.75, 3.05) is 7.11 Å². The molecule has 0 spiro atoms. The van der Waals surface area contributed by atoms with Crippen molar-refractivity contribution >= 4 is 29.1 Å². The minimum absolute atomic E-state index is 0.0288. The minimum atomic E-state index is -0.585. The number of rotatable bonds is 7. The second-order valence-electron chi connectivity index (χ2n) is 5.78. The van der Waals surface area contributed by atoms with Crippen LogP contribution in [-0.4, -0.2) is 18.2 Å². The van der Waals surface area contributed by atoms with Crippen LogP contribution in [-0.2, 0) is 15.3 Å². The fraction of sp³-hybridized carbons (Fsp3) is 0.200. The predicted octanol–water partition coefficient (Wildman–Crippen LogP) is 4.39. The lowest BCUT2D eigenvalue weighted by molar-refractivity contribution is -0.140. The van der Waals surface area contributed by atoms with Crippen molar-refractivity contribution in [3.8, 4) is 5.75 Å². The molecule has 2 aromatic heterocycles. The Kier molecular flexibility index (Phi) is 6.36. The zero-order valence-corrected chi connectivity index (χ0v) is 16.2. The van der Waals surface area contributed by atoms with E-state index < -0.39 is 23.1 Å². The van der Waals surface area contributed by atoms with E-state index in [1.54, 1.807) is 0 Å². The number of carbonyl (C=O) groups is 1. The maximum atomic E-state index is 12.3. The lowest BCUT2D eigenvalue weighted by Gasteiger charge is -2.16. The van der Waals surface area contributed by atoms with Crippen molar-refractivity contribution in [3.63, 3.8) is 0 Å². The van der Waals surface area contributed by atoms with Crippen LogP contribution in [0, 0.1) is 0 Å². The number of benzene rings is 1. The molecule has 0 bridgehead atoms. The first kappa shape index (κ1) is 19.3. The van der Waals surface area contributed by atoms with Crippen LogP contribution < -0.4 is 5.43 Å². The van der Waals surface area contributed by atoms with Gasteiger partial charge in [0.2, 0.25) is 11.2 Å². The van der Waals surface area contributed by atoms with E-state index in [0.717, 1.165) is 10.5 Å². The molecule has 0 saturated heterocycles. The molecule has 0 aliphatic heterocycles. The van der Waals surface area contributed by atoms with Crippen LogP contribution in [0.1, 0.15) is 29.4 Å². The van der Waals surface area contributed by atoms with E-state index in [1.165, 1.54) is 36.3 Å². The molecule has 3 rings (SSSR count). The summed E-state index contributed by atoms with van der Waals surface area (Å²) in [5.74, 6) is -0.540. The molecule has 7 heteroatoms. The van der Waals surface area contributed by atoms with Crippen molar-refractivity contribution in [1.29, 1.82) is 0 Å². The number of aromatic hydroxyl groups is 1. The SMILES string of the molecule is COC(=O)CC(c1ccsc1)c1oc(CSc2ccccc2)cc(=O)c1O. The molecule has 140 valence electrons. The van der Waals surface area contributed by atoms with E-state index in [9.17, 15) is 14.7 Å². The second kappa shape index (κ2) is 8.92. The average Bonchev–Trinajstić information content (AvgIpc) is 3.22. The molecule has 1 atom stereocenters. The van der Waals surface area contributed by atoms with E-state index in [4.69, 9.17) is 9.15 Å². The summed E-state index contributed by atoms with van der Waals surface area (Å²) in [7, 11) is 1.30. The van der Waals surface area contributed by atoms with Gasteiger partial charge in [-0.05, 0) is 34.5 Å². The smallest absolute Gasteiger partial charge is 0.306 e. The van der Waals surface area contributed by atoms with Gasteiger partial charge in [0.25, 0.3) is 0 Å². The van der Waals surface area contributed by atoms with Crippen LogP contribution in [0.5, 0.6) is 5.75 Å².